The van der Waals surface area contributed by atoms with Gasteiger partial charge in [-0.25, -0.2) is 0 Å². The van der Waals surface area contributed by atoms with Crippen molar-refractivity contribution in [2.75, 3.05) is 53.4 Å². The third-order valence-corrected chi connectivity index (χ3v) is 3.46. The van der Waals surface area contributed by atoms with Crippen LogP contribution in [0.15, 0.2) is 50.6 Å². The van der Waals surface area contributed by atoms with Crippen molar-refractivity contribution in [2.24, 2.45) is 0 Å². The van der Waals surface area contributed by atoms with Crippen molar-refractivity contribution in [3.63, 3.8) is 0 Å². The molecule has 0 saturated carbocycles. The Morgan fingerprint density at radius 2 is 0.842 bits per heavy atom. The van der Waals surface area contributed by atoms with E-state index in [1.54, 1.807) is 0 Å². The maximum absolute atomic E-state index is 3.86. The van der Waals surface area contributed by atoms with Gasteiger partial charge in [0.25, 0.3) is 0 Å². The lowest BCUT2D eigenvalue weighted by molar-refractivity contribution is -0.953. The van der Waals surface area contributed by atoms with Gasteiger partial charge in [0.05, 0.1) is 40.3 Å². The standard InChI is InChI=1S/C16H30N2.BrH/c1-7-11-17(5,12-8-2)15-16-18(6,13-9-3)14-10-4;/h7-10H,1-4,11-16H2,5-6H3;1H/q+2;/p-1. The molecule has 0 aliphatic rings. The van der Waals surface area contributed by atoms with Crippen LogP contribution in [0, 0.1) is 0 Å². The summed E-state index contributed by atoms with van der Waals surface area (Å²) in [6.07, 6.45) is 7.98. The van der Waals surface area contributed by atoms with Gasteiger partial charge in [0.15, 0.2) is 0 Å². The zero-order chi connectivity index (χ0) is 14.1. The third-order valence-electron chi connectivity index (χ3n) is 3.46. The minimum Gasteiger partial charge on any atom is -1.00 e. The fourth-order valence-electron chi connectivity index (χ4n) is 2.24. The summed E-state index contributed by atoms with van der Waals surface area (Å²) in [6.45, 7) is 21.6. The van der Waals surface area contributed by atoms with E-state index in [4.69, 9.17) is 0 Å². The summed E-state index contributed by atoms with van der Waals surface area (Å²) in [5.41, 5.74) is 0. The molecule has 19 heavy (non-hydrogen) atoms. The molecule has 0 atom stereocenters. The molecule has 0 aliphatic carbocycles. The summed E-state index contributed by atoms with van der Waals surface area (Å²) >= 11 is 0. The molecular formula is C16H30BrN2+. The van der Waals surface area contributed by atoms with Crippen LogP contribution >= 0.6 is 0 Å². The van der Waals surface area contributed by atoms with Crippen molar-refractivity contribution >= 4 is 0 Å². The van der Waals surface area contributed by atoms with Crippen molar-refractivity contribution in [1.82, 2.24) is 0 Å². The number of quaternary nitrogens is 2. The molecule has 0 radical (unpaired) electrons. The summed E-state index contributed by atoms with van der Waals surface area (Å²) in [5, 5.41) is 0. The summed E-state index contributed by atoms with van der Waals surface area (Å²) < 4.78 is 1.93. The van der Waals surface area contributed by atoms with Gasteiger partial charge in [-0.3, -0.25) is 0 Å². The van der Waals surface area contributed by atoms with Crippen molar-refractivity contribution in [3.8, 4) is 0 Å². The number of likely N-dealkylation sites (N-methyl/N-ethyl adjacent to an activating group) is 2. The smallest absolute Gasteiger partial charge is 0.129 e. The Kier molecular flexibility index (Phi) is 11.1. The predicted octanol–water partition coefficient (Wildman–Crippen LogP) is -0.372. The largest absolute Gasteiger partial charge is 1.00 e. The highest BCUT2D eigenvalue weighted by molar-refractivity contribution is 4.73. The average Bonchev–Trinajstić information content (AvgIpc) is 2.28. The van der Waals surface area contributed by atoms with Crippen molar-refractivity contribution in [2.45, 2.75) is 0 Å². The Morgan fingerprint density at radius 3 is 1.00 bits per heavy atom. The molecule has 0 unspecified atom stereocenters. The normalized spacial score (nSPS) is 11.3. The van der Waals surface area contributed by atoms with Crippen LogP contribution in [0.3, 0.4) is 0 Å². The lowest BCUT2D eigenvalue weighted by Gasteiger charge is -2.38. The quantitative estimate of drug-likeness (QED) is 0.358. The molecule has 0 aromatic rings. The van der Waals surface area contributed by atoms with E-state index in [1.165, 1.54) is 0 Å². The predicted molar refractivity (Wildman–Crippen MR) is 82.4 cm³/mol. The highest BCUT2D eigenvalue weighted by Crippen LogP contribution is 2.09. The second kappa shape index (κ2) is 10.2. The van der Waals surface area contributed by atoms with Gasteiger partial charge in [0.1, 0.15) is 13.1 Å². The number of halogens is 1. The van der Waals surface area contributed by atoms with Gasteiger partial charge in [-0.2, -0.15) is 0 Å². The molecule has 110 valence electrons. The van der Waals surface area contributed by atoms with E-state index >= 15 is 0 Å². The maximum Gasteiger partial charge on any atom is 0.129 e. The SMILES string of the molecule is C=CC[N+](C)(CC=C)CC[N+](C)(CC=C)CC=C.[Br-]. The van der Waals surface area contributed by atoms with Crippen LogP contribution in [0.2, 0.25) is 0 Å². The molecule has 0 spiro atoms. The van der Waals surface area contributed by atoms with Crippen molar-refractivity contribution in [3.05, 3.63) is 50.6 Å². The van der Waals surface area contributed by atoms with Crippen LogP contribution in [-0.4, -0.2) is 62.3 Å². The Bertz CT molecular complexity index is 247. The van der Waals surface area contributed by atoms with Gasteiger partial charge in [-0.1, -0.05) is 26.3 Å². The minimum absolute atomic E-state index is 0. The molecule has 0 amide bonds. The van der Waals surface area contributed by atoms with Gasteiger partial charge in [0.2, 0.25) is 0 Å². The van der Waals surface area contributed by atoms with Crippen LogP contribution < -0.4 is 17.0 Å². The first-order valence-electron chi connectivity index (χ1n) is 6.56. The average molecular weight is 330 g/mol. The lowest BCUT2D eigenvalue weighted by atomic mass is 10.3. The van der Waals surface area contributed by atoms with E-state index in [0.717, 1.165) is 48.2 Å². The molecule has 0 heterocycles. The third kappa shape index (κ3) is 8.19. The summed E-state index contributed by atoms with van der Waals surface area (Å²) in [5.74, 6) is 0. The van der Waals surface area contributed by atoms with Crippen LogP contribution in [0.1, 0.15) is 0 Å². The Hall–Kier alpha value is -0.640. The molecule has 0 aromatic carbocycles. The first-order valence-corrected chi connectivity index (χ1v) is 6.56. The first-order chi connectivity index (χ1) is 8.45. The maximum atomic E-state index is 3.86. The van der Waals surface area contributed by atoms with Gasteiger partial charge < -0.3 is 25.9 Å². The van der Waals surface area contributed by atoms with E-state index in [9.17, 15) is 0 Å². The monoisotopic (exact) mass is 329 g/mol. The minimum atomic E-state index is 0. The summed E-state index contributed by atoms with van der Waals surface area (Å²) in [4.78, 5) is 0. The van der Waals surface area contributed by atoms with Crippen LogP contribution in [0.25, 0.3) is 0 Å². The number of hydrogen-bond acceptors (Lipinski definition) is 0. The number of nitrogens with zero attached hydrogens (tertiary/aromatic N) is 2. The summed E-state index contributed by atoms with van der Waals surface area (Å²) in [7, 11) is 4.52. The fourth-order valence-corrected chi connectivity index (χ4v) is 2.24. The van der Waals surface area contributed by atoms with E-state index in [1.807, 2.05) is 24.3 Å². The molecule has 2 nitrogen and oxygen atoms in total. The lowest BCUT2D eigenvalue weighted by Crippen LogP contribution is -3.00. The van der Waals surface area contributed by atoms with E-state index < -0.39 is 0 Å². The Morgan fingerprint density at radius 1 is 0.632 bits per heavy atom. The highest BCUT2D eigenvalue weighted by Gasteiger charge is 2.25. The second-order valence-corrected chi connectivity index (χ2v) is 5.57. The van der Waals surface area contributed by atoms with E-state index in [-0.39, 0.29) is 17.0 Å². The molecular weight excluding hydrogens is 300 g/mol. The highest BCUT2D eigenvalue weighted by atomic mass is 79.9. The van der Waals surface area contributed by atoms with Gasteiger partial charge in [-0.05, 0) is 24.3 Å². The molecule has 0 fully saturated rings. The summed E-state index contributed by atoms with van der Waals surface area (Å²) in [6, 6.07) is 0. The second-order valence-electron chi connectivity index (χ2n) is 5.57. The Labute approximate surface area is 130 Å². The zero-order valence-electron chi connectivity index (χ0n) is 12.7. The van der Waals surface area contributed by atoms with Crippen LogP contribution in [0.4, 0.5) is 0 Å². The van der Waals surface area contributed by atoms with Crippen LogP contribution in [0.5, 0.6) is 0 Å². The molecule has 0 aromatic heterocycles. The number of rotatable bonds is 11. The van der Waals surface area contributed by atoms with Crippen molar-refractivity contribution < 1.29 is 25.9 Å². The molecule has 3 heteroatoms. The molecule has 0 saturated heterocycles. The van der Waals surface area contributed by atoms with Crippen molar-refractivity contribution in [1.29, 1.82) is 0 Å². The zero-order valence-corrected chi connectivity index (χ0v) is 14.2. The fraction of sp³-hybridized carbons (Fsp3) is 0.500. The first kappa shape index (κ1) is 20.7. The Balaban J connectivity index is 0. The molecule has 0 aliphatic heterocycles. The topological polar surface area (TPSA) is 0 Å². The van der Waals surface area contributed by atoms with Gasteiger partial charge in [0, 0.05) is 0 Å². The van der Waals surface area contributed by atoms with Gasteiger partial charge in [-0.15, -0.1) is 0 Å². The van der Waals surface area contributed by atoms with E-state index in [0.29, 0.717) is 0 Å². The van der Waals surface area contributed by atoms with Gasteiger partial charge >= 0.3 is 0 Å². The number of hydrogen-bond donors (Lipinski definition) is 0. The molecule has 0 N–H and O–H groups in total. The van der Waals surface area contributed by atoms with Crippen LogP contribution in [-0.2, 0) is 0 Å². The van der Waals surface area contributed by atoms with E-state index in [2.05, 4.69) is 40.4 Å². The molecule has 0 bridgehead atoms. The molecule has 0 rings (SSSR count).